The largest absolute Gasteiger partial charge is 0.417 e. The monoisotopic (exact) mass is 1250 g/mol. The molecule has 4 heterocycles. The van der Waals surface area contributed by atoms with Gasteiger partial charge in [-0.05, 0) is 74.5 Å². The fraction of sp³-hybridized carbons (Fsp3) is 0.508. The molecule has 2 aliphatic rings. The van der Waals surface area contributed by atoms with Crippen LogP contribution in [0.1, 0.15) is 97.8 Å². The highest BCUT2D eigenvalue weighted by molar-refractivity contribution is 7.13. The van der Waals surface area contributed by atoms with Crippen LogP contribution in [0.15, 0.2) is 83.2 Å². The van der Waals surface area contributed by atoms with Crippen molar-refractivity contribution in [1.82, 2.24) is 30.4 Å². The molecular weight excluding hydrogens is 1170 g/mol. The zero-order valence-electron chi connectivity index (χ0n) is 50.8. The fourth-order valence-corrected chi connectivity index (χ4v) is 11.1. The summed E-state index contributed by atoms with van der Waals surface area (Å²) in [5.41, 5.74) is 1.93. The number of alkyl halides is 3. The number of H-pyrrole nitrogens is 1. The summed E-state index contributed by atoms with van der Waals surface area (Å²) in [6.45, 7) is 15.4. The number of ketones is 1. The number of rotatable bonds is 30. The number of aromatic amines is 1. The van der Waals surface area contributed by atoms with Crippen LogP contribution >= 0.6 is 11.3 Å². The number of likely N-dealkylation sites (tertiary alicyclic amines) is 1. The molecule has 0 aliphatic carbocycles. The standard InChI is InChI=1S/C63H80F4N8O12S/c1-39-35-74(36-40(2)73(39)7)52-17-15-44(30-51(52)71-59(80)48-34-68-56(79)32-49(48)63(65,66)67)47-16-14-45(29-50(47)64)54(77)9-8-19-83-21-23-85-25-27-87-28-26-86-24-22-84-20-18-55(78)72-58(62(4,5)6)61(82)75-37-46(76)31-53(75)60(81)69-33-42-10-12-43(13-11-42)57-41(3)70-38-88-57/h10-17,29-30,32,34,38-40,46,53,58,76H,8-9,18-28,31,33,35-37H2,1-7H3,(H,68,79)(H,69,81)(H,71,80)(H,72,78)/t39-,40+,46-,53+,58-/m1/s1. The lowest BCUT2D eigenvalue weighted by atomic mass is 9.85. The highest BCUT2D eigenvalue weighted by atomic mass is 32.1. The summed E-state index contributed by atoms with van der Waals surface area (Å²) in [5, 5.41) is 18.9. The number of aliphatic hydroxyl groups excluding tert-OH is 1. The predicted octanol–water partition coefficient (Wildman–Crippen LogP) is 7.66. The van der Waals surface area contributed by atoms with E-state index in [1.54, 1.807) is 29.0 Å². The van der Waals surface area contributed by atoms with Crippen LogP contribution in [0, 0.1) is 18.2 Å². The number of ether oxygens (including phenoxy) is 5. The summed E-state index contributed by atoms with van der Waals surface area (Å²) in [7, 11) is 1.99. The number of aromatic nitrogens is 2. The summed E-state index contributed by atoms with van der Waals surface area (Å²) in [5.74, 6) is -3.38. The lowest BCUT2D eigenvalue weighted by Crippen LogP contribution is -2.57. The molecule has 5 N–H and O–H groups in total. The van der Waals surface area contributed by atoms with Crippen molar-refractivity contribution in [2.45, 2.75) is 110 Å². The molecule has 3 aromatic carbocycles. The Balaban J connectivity index is 0.733. The van der Waals surface area contributed by atoms with E-state index in [2.05, 4.69) is 30.8 Å². The molecule has 0 spiro atoms. The van der Waals surface area contributed by atoms with Gasteiger partial charge in [-0.25, -0.2) is 9.37 Å². The number of β-amino-alcohol motifs (C(OH)–C–C–N with tert-alkyl or cyclic N) is 1. The molecule has 4 amide bonds. The molecule has 5 aromatic rings. The van der Waals surface area contributed by atoms with Gasteiger partial charge in [0, 0.05) is 87.5 Å². The van der Waals surface area contributed by atoms with Gasteiger partial charge in [0.05, 0.1) is 104 Å². The van der Waals surface area contributed by atoms with E-state index in [1.807, 2.05) is 77.8 Å². The predicted molar refractivity (Wildman–Crippen MR) is 325 cm³/mol. The minimum Gasteiger partial charge on any atom is -0.391 e. The number of benzene rings is 3. The first kappa shape index (κ1) is 68.5. The highest BCUT2D eigenvalue weighted by Crippen LogP contribution is 2.37. The zero-order chi connectivity index (χ0) is 63.7. The Labute approximate surface area is 513 Å². The number of aryl methyl sites for hydroxylation is 1. The topological polar surface area (TPSA) is 243 Å². The number of anilines is 2. The number of nitrogens with zero attached hydrogens (tertiary/aromatic N) is 4. The van der Waals surface area contributed by atoms with Gasteiger partial charge in [-0.1, -0.05) is 63.2 Å². The molecule has 478 valence electrons. The number of hydrogen-bond acceptors (Lipinski definition) is 16. The minimum absolute atomic E-state index is 0.0135. The maximum absolute atomic E-state index is 15.8. The van der Waals surface area contributed by atoms with Crippen molar-refractivity contribution in [3.05, 3.63) is 123 Å². The van der Waals surface area contributed by atoms with Gasteiger partial charge in [0.1, 0.15) is 17.9 Å². The van der Waals surface area contributed by atoms with Gasteiger partial charge in [-0.2, -0.15) is 13.2 Å². The normalized spacial score (nSPS) is 17.7. The summed E-state index contributed by atoms with van der Waals surface area (Å²) >= 11 is 1.56. The van der Waals surface area contributed by atoms with Crippen LogP contribution in [-0.4, -0.2) is 177 Å². The molecule has 88 heavy (non-hydrogen) atoms. The molecule has 7 rings (SSSR count). The number of likely N-dealkylation sites (N-methyl/N-ethyl adjacent to an activating group) is 1. The average Bonchev–Trinajstić information content (AvgIpc) is 2.99. The molecule has 0 radical (unpaired) electrons. The second-order valence-electron chi connectivity index (χ2n) is 23.1. The Hall–Kier alpha value is -6.97. The van der Waals surface area contributed by atoms with Crippen LogP contribution in [0.25, 0.3) is 21.6 Å². The van der Waals surface area contributed by atoms with E-state index in [0.29, 0.717) is 76.1 Å². The van der Waals surface area contributed by atoms with Gasteiger partial charge < -0.3 is 59.5 Å². The molecule has 2 fully saturated rings. The van der Waals surface area contributed by atoms with Crippen molar-refractivity contribution in [3.63, 3.8) is 0 Å². The summed E-state index contributed by atoms with van der Waals surface area (Å²) in [6, 6.07) is 15.3. The van der Waals surface area contributed by atoms with Gasteiger partial charge in [0.25, 0.3) is 5.91 Å². The third kappa shape index (κ3) is 19.3. The quantitative estimate of drug-likeness (QED) is 0.0168. The average molecular weight is 1250 g/mol. The lowest BCUT2D eigenvalue weighted by molar-refractivity contribution is -0.144. The van der Waals surface area contributed by atoms with E-state index >= 15 is 4.39 Å². The molecule has 20 nitrogen and oxygen atoms in total. The van der Waals surface area contributed by atoms with Crippen LogP contribution < -0.4 is 26.4 Å². The number of thiazole rings is 1. The van der Waals surface area contributed by atoms with Gasteiger partial charge in [0.15, 0.2) is 5.78 Å². The number of piperazine rings is 1. The Morgan fingerprint density at radius 3 is 2.00 bits per heavy atom. The van der Waals surface area contributed by atoms with Crippen molar-refractivity contribution >= 4 is 52.1 Å². The van der Waals surface area contributed by atoms with Crippen molar-refractivity contribution in [2.24, 2.45) is 5.41 Å². The van der Waals surface area contributed by atoms with Crippen molar-refractivity contribution in [3.8, 4) is 21.6 Å². The molecule has 2 aliphatic heterocycles. The van der Waals surface area contributed by atoms with Crippen molar-refractivity contribution < 1.29 is 70.3 Å². The Kier molecular flexibility index (Phi) is 24.9. The number of pyridine rings is 1. The van der Waals surface area contributed by atoms with Gasteiger partial charge >= 0.3 is 6.18 Å². The van der Waals surface area contributed by atoms with Crippen molar-refractivity contribution in [1.29, 1.82) is 0 Å². The fourth-order valence-electron chi connectivity index (χ4n) is 10.3. The van der Waals surface area contributed by atoms with Crippen LogP contribution in [0.5, 0.6) is 0 Å². The van der Waals surface area contributed by atoms with E-state index in [1.165, 1.54) is 23.1 Å². The molecule has 5 atom stereocenters. The molecular formula is C63H80F4N8O12S. The summed E-state index contributed by atoms with van der Waals surface area (Å²) < 4.78 is 85.5. The molecule has 0 unspecified atom stereocenters. The van der Waals surface area contributed by atoms with Crippen molar-refractivity contribution in [2.75, 3.05) is 103 Å². The number of hydrogen-bond donors (Lipinski definition) is 5. The molecule has 0 bridgehead atoms. The van der Waals surface area contributed by atoms with Crippen LogP contribution in [0.2, 0.25) is 0 Å². The summed E-state index contributed by atoms with van der Waals surface area (Å²) in [6.07, 6.45) is -4.64. The first-order valence-corrected chi connectivity index (χ1v) is 30.3. The second kappa shape index (κ2) is 32.0. The van der Waals surface area contributed by atoms with Crippen LogP contribution in [0.4, 0.5) is 28.9 Å². The van der Waals surface area contributed by atoms with Gasteiger partial charge in [-0.3, -0.25) is 33.7 Å². The minimum atomic E-state index is -4.99. The first-order valence-electron chi connectivity index (χ1n) is 29.4. The number of aliphatic hydroxyl groups is 1. The van der Waals surface area contributed by atoms with E-state index < -0.39 is 70.0 Å². The first-order chi connectivity index (χ1) is 41.9. The highest BCUT2D eigenvalue weighted by Gasteiger charge is 2.45. The Morgan fingerprint density at radius 1 is 0.795 bits per heavy atom. The van der Waals surface area contributed by atoms with Crippen LogP contribution in [0.3, 0.4) is 0 Å². The zero-order valence-corrected chi connectivity index (χ0v) is 51.6. The lowest BCUT2D eigenvalue weighted by Gasteiger charge is -2.44. The second-order valence-corrected chi connectivity index (χ2v) is 23.9. The number of amides is 4. The van der Waals surface area contributed by atoms with Crippen LogP contribution in [-0.2, 0) is 50.8 Å². The maximum atomic E-state index is 15.8. The molecule has 2 saturated heterocycles. The number of carbonyl (C=O) groups is 5. The summed E-state index contributed by atoms with van der Waals surface area (Å²) in [4.78, 5) is 91.9. The van der Waals surface area contributed by atoms with E-state index in [9.17, 15) is 47.0 Å². The van der Waals surface area contributed by atoms with Gasteiger partial charge in [0.2, 0.25) is 23.3 Å². The number of Topliss-reactive ketones (excluding diaryl/α,β-unsaturated/α-hetero) is 1. The van der Waals surface area contributed by atoms with E-state index in [-0.39, 0.29) is 106 Å². The molecule has 0 saturated carbocycles. The SMILES string of the molecule is Cc1ncsc1-c1ccc(CNC(=O)[C@@H]2C[C@@H](O)CN2C(=O)[C@@H](NC(=O)CCOCCOCCOCCOCCOCCCC(=O)c2ccc(-c3ccc(N4C[C@@H](C)N(C)[C@@H](C)C4)c(NC(=O)c4c[nH]c(=O)cc4C(F)(F)F)c3)c(F)c2)C(C)(C)C)cc1. The number of halogens is 4. The maximum Gasteiger partial charge on any atom is 0.417 e. The smallest absolute Gasteiger partial charge is 0.391 e. The molecule has 2 aromatic heterocycles. The third-order valence-electron chi connectivity index (χ3n) is 15.4. The molecule has 25 heteroatoms. The van der Waals surface area contributed by atoms with E-state index in [4.69, 9.17) is 23.7 Å². The Bertz CT molecular complexity index is 3220. The van der Waals surface area contributed by atoms with Gasteiger partial charge in [-0.15, -0.1) is 11.3 Å². The Morgan fingerprint density at radius 2 is 1.41 bits per heavy atom. The third-order valence-corrected chi connectivity index (χ3v) is 16.4. The number of carbonyl (C=O) groups excluding carboxylic acids is 5. The van der Waals surface area contributed by atoms with E-state index in [0.717, 1.165) is 27.8 Å². The number of nitrogens with one attached hydrogen (secondary N) is 4.